The van der Waals surface area contributed by atoms with Crippen molar-refractivity contribution in [3.63, 3.8) is 0 Å². The third kappa shape index (κ3) is 3.89. The molecule has 0 spiro atoms. The maximum Gasteiger partial charge on any atom is 1.00 e. The Balaban J connectivity index is 0.00000192. The Kier molecular flexibility index (Phi) is 6.46. The minimum absolute atomic E-state index is 0. The molecule has 3 rings (SSSR count). The molecule has 23 heavy (non-hydrogen) atoms. The van der Waals surface area contributed by atoms with Gasteiger partial charge in [-0.15, -0.1) is 11.8 Å². The van der Waals surface area contributed by atoms with Crippen molar-refractivity contribution in [2.45, 2.75) is 18.2 Å². The molecule has 0 bridgehead atoms. The van der Waals surface area contributed by atoms with Gasteiger partial charge in [-0.25, -0.2) is 4.79 Å². The van der Waals surface area contributed by atoms with E-state index in [1.807, 2.05) is 0 Å². The van der Waals surface area contributed by atoms with Gasteiger partial charge in [0.1, 0.15) is 0 Å². The van der Waals surface area contributed by atoms with Gasteiger partial charge in [0, 0.05) is 11.3 Å². The largest absolute Gasteiger partial charge is 1.00 e. The molecule has 0 radical (unpaired) electrons. The van der Waals surface area contributed by atoms with E-state index >= 15 is 0 Å². The van der Waals surface area contributed by atoms with Crippen molar-refractivity contribution in [2.24, 2.45) is 0 Å². The number of hydrogen-bond acceptors (Lipinski definition) is 6. The van der Waals surface area contributed by atoms with E-state index in [0.717, 1.165) is 0 Å². The van der Waals surface area contributed by atoms with Crippen LogP contribution >= 0.6 is 11.8 Å². The summed E-state index contributed by atoms with van der Waals surface area (Å²) in [6, 6.07) is 8.55. The van der Waals surface area contributed by atoms with Crippen molar-refractivity contribution in [1.29, 1.82) is 0 Å². The van der Waals surface area contributed by atoms with E-state index in [0.29, 0.717) is 16.9 Å². The van der Waals surface area contributed by atoms with Gasteiger partial charge in [-0.05, 0) is 12.1 Å². The molecule has 2 aliphatic heterocycles. The molecule has 1 fully saturated rings. The van der Waals surface area contributed by atoms with E-state index < -0.39 is 11.9 Å². The molecule has 1 atom stereocenters. The zero-order chi connectivity index (χ0) is 15.7. The number of hydrogen-bond donors (Lipinski definition) is 0. The number of thioether (sulfide) groups is 1. The van der Waals surface area contributed by atoms with Gasteiger partial charge in [-0.3, -0.25) is 9.69 Å². The number of carbonyl (C=O) groups is 3. The second-order valence-corrected chi connectivity index (χ2v) is 6.12. The SMILES string of the molecule is O=C([O-])C1=C(CCOC(=O)c2ccccc2)SC2CC(=O)N12.[K+]. The minimum atomic E-state index is -1.37. The number of β-lactam (4-membered cyclic amide) rings is 1. The van der Waals surface area contributed by atoms with E-state index in [9.17, 15) is 19.5 Å². The predicted molar refractivity (Wildman–Crippen MR) is 76.2 cm³/mol. The van der Waals surface area contributed by atoms with Crippen molar-refractivity contribution in [1.82, 2.24) is 4.90 Å². The molecular formula is C15H12KNO5S. The Morgan fingerprint density at radius 3 is 2.61 bits per heavy atom. The maximum atomic E-state index is 11.8. The molecule has 1 unspecified atom stereocenters. The average Bonchev–Trinajstić information content (AvgIpc) is 2.80. The molecule has 1 amide bonds. The van der Waals surface area contributed by atoms with Gasteiger partial charge in [0.05, 0.1) is 35.6 Å². The molecular weight excluding hydrogens is 345 g/mol. The first kappa shape index (κ1) is 18.7. The van der Waals surface area contributed by atoms with Gasteiger partial charge in [-0.2, -0.15) is 0 Å². The smallest absolute Gasteiger partial charge is 0.543 e. The van der Waals surface area contributed by atoms with E-state index in [2.05, 4.69) is 0 Å². The Labute approximate surface area is 179 Å². The standard InChI is InChI=1S/C15H13NO5S.K/c17-11-8-12-16(11)13(14(18)19)10(22-12)6-7-21-15(20)9-4-2-1-3-5-9;/h1-5,12H,6-8H2,(H,18,19);/q;+1/p-1. The molecule has 2 aliphatic rings. The number of rotatable bonds is 5. The van der Waals surface area contributed by atoms with E-state index in [1.54, 1.807) is 30.3 Å². The van der Waals surface area contributed by atoms with Crippen molar-refractivity contribution >= 4 is 29.6 Å². The second kappa shape index (κ2) is 7.95. The number of ether oxygens (including phenoxy) is 1. The number of esters is 1. The van der Waals surface area contributed by atoms with Crippen molar-refractivity contribution in [3.05, 3.63) is 46.5 Å². The summed E-state index contributed by atoms with van der Waals surface area (Å²) in [6.45, 7) is 0.0571. The molecule has 0 aromatic heterocycles. The first-order valence-electron chi connectivity index (χ1n) is 6.73. The van der Waals surface area contributed by atoms with Crippen LogP contribution in [0.1, 0.15) is 23.2 Å². The normalized spacial score (nSPS) is 18.9. The topological polar surface area (TPSA) is 86.7 Å². The van der Waals surface area contributed by atoms with Crippen LogP contribution in [-0.4, -0.2) is 34.7 Å². The Morgan fingerprint density at radius 1 is 1.30 bits per heavy atom. The second-order valence-electron chi connectivity index (χ2n) is 4.85. The number of nitrogens with zero attached hydrogens (tertiary/aromatic N) is 1. The number of carboxylic acids is 1. The quantitative estimate of drug-likeness (QED) is 0.329. The summed E-state index contributed by atoms with van der Waals surface area (Å²) >= 11 is 1.32. The van der Waals surface area contributed by atoms with Crippen molar-refractivity contribution in [2.75, 3.05) is 6.61 Å². The zero-order valence-electron chi connectivity index (χ0n) is 12.5. The molecule has 2 heterocycles. The van der Waals surface area contributed by atoms with Gasteiger partial charge in [-0.1, -0.05) is 18.2 Å². The summed E-state index contributed by atoms with van der Waals surface area (Å²) in [5.41, 5.74) is 0.358. The fraction of sp³-hybridized carbons (Fsp3) is 0.267. The summed E-state index contributed by atoms with van der Waals surface area (Å²) in [5, 5.41) is 11.0. The number of fused-ring (bicyclic) bond motifs is 1. The van der Waals surface area contributed by atoms with Gasteiger partial charge in [0.15, 0.2) is 0 Å². The molecule has 0 N–H and O–H groups in total. The Hall–Kier alpha value is -0.644. The minimum Gasteiger partial charge on any atom is -0.543 e. The first-order chi connectivity index (χ1) is 10.6. The van der Waals surface area contributed by atoms with Gasteiger partial charge < -0.3 is 14.6 Å². The van der Waals surface area contributed by atoms with Crippen LogP contribution < -0.4 is 56.5 Å². The van der Waals surface area contributed by atoms with Crippen LogP contribution in [0.25, 0.3) is 0 Å². The third-order valence-electron chi connectivity index (χ3n) is 3.45. The third-order valence-corrected chi connectivity index (χ3v) is 4.79. The molecule has 0 aliphatic carbocycles. The van der Waals surface area contributed by atoms with Crippen LogP contribution in [-0.2, 0) is 14.3 Å². The van der Waals surface area contributed by atoms with Crippen LogP contribution in [0.2, 0.25) is 0 Å². The number of amides is 1. The van der Waals surface area contributed by atoms with Crippen LogP contribution in [0.3, 0.4) is 0 Å². The summed E-state index contributed by atoms with van der Waals surface area (Å²) in [7, 11) is 0. The molecule has 6 nitrogen and oxygen atoms in total. The Bertz CT molecular complexity index is 676. The fourth-order valence-electron chi connectivity index (χ4n) is 2.39. The summed E-state index contributed by atoms with van der Waals surface area (Å²) in [6.07, 6.45) is 0.585. The maximum absolute atomic E-state index is 11.8. The van der Waals surface area contributed by atoms with Crippen LogP contribution in [0.15, 0.2) is 40.9 Å². The average molecular weight is 357 g/mol. The summed E-state index contributed by atoms with van der Waals surface area (Å²) in [4.78, 5) is 36.2. The van der Waals surface area contributed by atoms with Crippen molar-refractivity contribution in [3.8, 4) is 0 Å². The summed E-state index contributed by atoms with van der Waals surface area (Å²) in [5.74, 6) is -2.04. The number of carboxylic acid groups (broad SMARTS) is 1. The first-order valence-corrected chi connectivity index (χ1v) is 7.61. The fourth-order valence-corrected chi connectivity index (χ4v) is 3.77. The zero-order valence-corrected chi connectivity index (χ0v) is 16.4. The van der Waals surface area contributed by atoms with E-state index in [4.69, 9.17) is 4.74 Å². The molecule has 0 saturated carbocycles. The van der Waals surface area contributed by atoms with E-state index in [1.165, 1.54) is 16.7 Å². The van der Waals surface area contributed by atoms with Crippen LogP contribution in [0.5, 0.6) is 0 Å². The van der Waals surface area contributed by atoms with E-state index in [-0.39, 0.29) is 81.4 Å². The summed E-state index contributed by atoms with van der Waals surface area (Å²) < 4.78 is 5.13. The van der Waals surface area contributed by atoms with Crippen LogP contribution in [0, 0.1) is 0 Å². The monoisotopic (exact) mass is 357 g/mol. The van der Waals surface area contributed by atoms with Crippen LogP contribution in [0.4, 0.5) is 0 Å². The molecule has 1 aromatic rings. The molecule has 8 heteroatoms. The number of aliphatic carboxylic acids is 1. The predicted octanol–water partition coefficient (Wildman–Crippen LogP) is -2.50. The van der Waals surface area contributed by atoms with Gasteiger partial charge >= 0.3 is 57.4 Å². The molecule has 1 saturated heterocycles. The van der Waals surface area contributed by atoms with Gasteiger partial charge in [0.2, 0.25) is 5.91 Å². The van der Waals surface area contributed by atoms with Crippen molar-refractivity contribution < 1.29 is 75.6 Å². The molecule has 114 valence electrons. The van der Waals surface area contributed by atoms with Gasteiger partial charge in [0.25, 0.3) is 0 Å². The Morgan fingerprint density at radius 2 is 2.00 bits per heavy atom. The number of benzene rings is 1. The molecule has 1 aromatic carbocycles. The number of carbonyl (C=O) groups excluding carboxylic acids is 3.